The van der Waals surface area contributed by atoms with Crippen LogP contribution in [0.15, 0.2) is 147 Å². The Morgan fingerprint density at radius 2 is 0.964 bits per heavy atom. The lowest BCUT2D eigenvalue weighted by molar-refractivity contribution is -0.385. The summed E-state index contributed by atoms with van der Waals surface area (Å²) in [5.74, 6) is -1.99. The summed E-state index contributed by atoms with van der Waals surface area (Å²) in [5.41, 5.74) is -0.242. The molecule has 3 fully saturated rings. The first-order chi connectivity index (χ1) is 40.7. The first-order valence-electron chi connectivity index (χ1n) is 25.6. The third kappa shape index (κ3) is 11.1. The van der Waals surface area contributed by atoms with Crippen LogP contribution in [0.3, 0.4) is 0 Å². The number of imidazole rings is 2. The minimum atomic E-state index is -4.90. The number of benzene rings is 4. The third-order valence-corrected chi connectivity index (χ3v) is 21.2. The summed E-state index contributed by atoms with van der Waals surface area (Å²) in [6.45, 7) is -12.0. The lowest BCUT2D eigenvalue weighted by Gasteiger charge is -2.30. The molecule has 32 heteroatoms. The van der Waals surface area contributed by atoms with Crippen LogP contribution in [0.2, 0.25) is 0 Å². The Labute approximate surface area is 481 Å². The van der Waals surface area contributed by atoms with E-state index in [0.29, 0.717) is 22.8 Å². The van der Waals surface area contributed by atoms with E-state index in [-0.39, 0.29) is 80.7 Å². The molecule has 8 aromatic rings. The largest absolute Gasteiger partial charge is 0.390 e. The second kappa shape index (κ2) is 23.7. The topological polar surface area (TPSA) is 304 Å². The second-order valence-electron chi connectivity index (χ2n) is 19.0. The Kier molecular flexibility index (Phi) is 16.0. The summed E-state index contributed by atoms with van der Waals surface area (Å²) in [7, 11) is 0. The van der Waals surface area contributed by atoms with Crippen molar-refractivity contribution in [3.63, 3.8) is 0 Å². The lowest BCUT2D eigenvalue weighted by Crippen LogP contribution is -2.37. The van der Waals surface area contributed by atoms with Crippen LogP contribution < -0.4 is 9.80 Å². The normalized spacial score (nSPS) is 26.7. The zero-order chi connectivity index (χ0) is 58.3. The summed E-state index contributed by atoms with van der Waals surface area (Å²) >= 11 is 0.891. The zero-order valence-electron chi connectivity index (χ0n) is 43.3. The molecule has 5 aliphatic heterocycles. The van der Waals surface area contributed by atoms with Gasteiger partial charge in [0.1, 0.15) is 37.1 Å². The quantitative estimate of drug-likeness (QED) is 0.0532. The molecule has 4 aromatic carbocycles. The molecule has 1 unspecified atom stereocenters. The number of fused-ring (bicyclic) bond motifs is 10. The van der Waals surface area contributed by atoms with Gasteiger partial charge in [0.25, 0.3) is 23.2 Å². The average molecular weight is 1230 g/mol. The van der Waals surface area contributed by atoms with Gasteiger partial charge in [0.2, 0.25) is 0 Å². The number of alkyl halides is 2. The van der Waals surface area contributed by atoms with Crippen molar-refractivity contribution in [1.82, 2.24) is 39.0 Å². The molecule has 10 atom stereocenters. The number of carbonyl (C=O) groups is 2. The molecule has 4 aromatic heterocycles. The fourth-order valence-electron chi connectivity index (χ4n) is 9.91. The fourth-order valence-corrected chi connectivity index (χ4v) is 16.7. The van der Waals surface area contributed by atoms with E-state index in [0.717, 1.165) is 12.7 Å². The molecule has 432 valence electrons. The van der Waals surface area contributed by atoms with E-state index in [1.807, 2.05) is 0 Å². The number of nitrogens with zero attached hydrogens (tertiary/aromatic N) is 12. The summed E-state index contributed by atoms with van der Waals surface area (Å²) in [5, 5.41) is 24.3. The van der Waals surface area contributed by atoms with E-state index in [1.165, 1.54) is 80.1 Å². The molecule has 3 saturated heterocycles. The molecule has 14 bridgehead atoms. The Bertz CT molecular complexity index is 3720. The van der Waals surface area contributed by atoms with Crippen molar-refractivity contribution in [2.75, 3.05) is 36.1 Å². The van der Waals surface area contributed by atoms with Crippen molar-refractivity contribution in [3.8, 4) is 0 Å². The van der Waals surface area contributed by atoms with Gasteiger partial charge >= 0.3 is 13.6 Å². The first-order valence-corrected chi connectivity index (χ1v) is 31.9. The highest BCUT2D eigenvalue weighted by Crippen LogP contribution is 2.67. The monoisotopic (exact) mass is 1220 g/mol. The maximum absolute atomic E-state index is 17.9. The van der Waals surface area contributed by atoms with Crippen LogP contribution in [0, 0.1) is 20.2 Å². The number of hydrogen-bond donors (Lipinski definition) is 0. The second-order valence-corrected chi connectivity index (χ2v) is 27.1. The van der Waals surface area contributed by atoms with Gasteiger partial charge in [-0.3, -0.25) is 66.8 Å². The Hall–Kier alpha value is -7.76. The van der Waals surface area contributed by atoms with Gasteiger partial charge in [-0.15, -0.1) is 0 Å². The molecule has 0 saturated carbocycles. The maximum Gasteiger partial charge on any atom is 0.390 e. The van der Waals surface area contributed by atoms with E-state index in [9.17, 15) is 29.8 Å². The van der Waals surface area contributed by atoms with Crippen molar-refractivity contribution in [2.24, 2.45) is 0 Å². The number of carbonyl (C=O) groups excluding carboxylic acids is 2. The number of ether oxygens (including phenoxy) is 2. The predicted octanol–water partition coefficient (Wildman–Crippen LogP) is 9.72. The van der Waals surface area contributed by atoms with Gasteiger partial charge in [-0.2, -0.15) is 0 Å². The number of anilines is 2. The Morgan fingerprint density at radius 1 is 0.571 bits per heavy atom. The van der Waals surface area contributed by atoms with Crippen LogP contribution in [0.4, 0.5) is 31.8 Å². The Balaban J connectivity index is 1.02. The Morgan fingerprint density at radius 3 is 1.37 bits per heavy atom. The van der Waals surface area contributed by atoms with Gasteiger partial charge in [-0.1, -0.05) is 84.9 Å². The molecule has 0 N–H and O–H groups in total. The van der Waals surface area contributed by atoms with Crippen LogP contribution in [-0.4, -0.2) is 124 Å². The van der Waals surface area contributed by atoms with E-state index in [1.54, 1.807) is 72.8 Å². The molecule has 26 nitrogen and oxygen atoms in total. The van der Waals surface area contributed by atoms with E-state index < -0.39 is 109 Å². The van der Waals surface area contributed by atoms with Crippen LogP contribution in [0.5, 0.6) is 0 Å². The number of aromatic nitrogens is 8. The van der Waals surface area contributed by atoms with Crippen molar-refractivity contribution >= 4 is 93.5 Å². The maximum atomic E-state index is 17.9. The SMILES string of the molecule is O=C(c1ccccc1)N1C/C=C/CN(C(=O)c2ccccc2)c2ncnc3c2ncn3[C@@H]2O[C@@H]3CO[P@@](=O)(SCc4ccccc4[N+](=O)[O-])O[C@@H]4[C@@H](CO[P@](=O)(SCc5ccccc5[N+](=O)[O-])O[C@H]3[C@H]2F)OC([C@@H]4F)n2cnc3c1ncnc32. The van der Waals surface area contributed by atoms with E-state index in [4.69, 9.17) is 27.6 Å². The number of para-hydroxylation sites is 2. The number of halogens is 2. The molecule has 5 aliphatic rings. The van der Waals surface area contributed by atoms with Crippen molar-refractivity contribution in [1.29, 1.82) is 0 Å². The molecular formula is C52H44F2N12O14P2S2. The van der Waals surface area contributed by atoms with Gasteiger partial charge < -0.3 is 9.47 Å². The minimum absolute atomic E-state index is 0.0210. The summed E-state index contributed by atoms with van der Waals surface area (Å²) in [6.07, 6.45) is -7.77. The smallest absolute Gasteiger partial charge is 0.346 e. The van der Waals surface area contributed by atoms with Crippen molar-refractivity contribution < 1.29 is 64.9 Å². The van der Waals surface area contributed by atoms with Gasteiger partial charge in [0.05, 0.1) is 35.7 Å². The molecule has 9 heterocycles. The van der Waals surface area contributed by atoms with Crippen molar-refractivity contribution in [2.45, 2.75) is 60.7 Å². The highest BCUT2D eigenvalue weighted by atomic mass is 32.7. The average Bonchev–Trinajstić information content (AvgIpc) is 4.50. The number of amides is 2. The van der Waals surface area contributed by atoms with Crippen LogP contribution >= 0.6 is 36.4 Å². The van der Waals surface area contributed by atoms with Crippen LogP contribution in [0.25, 0.3) is 22.3 Å². The first kappa shape index (κ1) is 56.7. The number of nitro groups is 2. The molecule has 0 spiro atoms. The van der Waals surface area contributed by atoms with E-state index in [2.05, 4.69) is 29.9 Å². The van der Waals surface area contributed by atoms with Gasteiger partial charge in [0, 0.05) is 59.0 Å². The molecule has 0 aliphatic carbocycles. The summed E-state index contributed by atoms with van der Waals surface area (Å²) < 4.78 is 107. The third-order valence-electron chi connectivity index (χ3n) is 14.0. The fraction of sp³-hybridized carbons (Fsp3) is 0.269. The van der Waals surface area contributed by atoms with Gasteiger partial charge in [-0.25, -0.2) is 47.8 Å². The highest BCUT2D eigenvalue weighted by Gasteiger charge is 2.56. The number of rotatable bonds is 10. The molecule has 2 amide bonds. The molecular weight excluding hydrogens is 1180 g/mol. The summed E-state index contributed by atoms with van der Waals surface area (Å²) in [6, 6.07) is 27.7. The minimum Gasteiger partial charge on any atom is -0.346 e. The zero-order valence-corrected chi connectivity index (χ0v) is 46.7. The highest BCUT2D eigenvalue weighted by molar-refractivity contribution is 8.55. The van der Waals surface area contributed by atoms with Gasteiger partial charge in [0.15, 0.2) is 58.8 Å². The van der Waals surface area contributed by atoms with Crippen LogP contribution in [-0.2, 0) is 48.2 Å². The molecule has 13 rings (SSSR count). The lowest BCUT2D eigenvalue weighted by atomic mass is 10.1. The van der Waals surface area contributed by atoms with Gasteiger partial charge in [-0.05, 0) is 47.0 Å². The number of nitro benzene ring substituents is 2. The van der Waals surface area contributed by atoms with Crippen LogP contribution in [0.1, 0.15) is 44.3 Å². The molecule has 84 heavy (non-hydrogen) atoms. The predicted molar refractivity (Wildman–Crippen MR) is 299 cm³/mol. The molecule has 0 radical (unpaired) electrons. The standard InChI is InChI=1S/C52H44F2N12O14P2S2/c53-39-43-37-23-75-82(74,84-26-34-18-8-10-20-36(34)66(71)72)80-44-38(24-76-81(73,79-43)83-25-33-17-7-9-19-35(33)65(69)70)78-52(40(44)54)64-30-60-42-46(56-28-58-48(42)64)62(50(68)32-15-5-2-6-16-32)22-12-11-21-61(49(67)31-13-3-1-4-14-31)45-41-47(57-27-55-45)63(29-59-41)51(39)77-37/h1-20,27-30,37-40,43-44,51-52H,21-26H2/b12-11+/t37-,38-,39-,40-,43-,44-,51-,52?,81+,82-/m1/s1. The number of hydrogen-bond acceptors (Lipinski definition) is 22. The van der Waals surface area contributed by atoms with E-state index >= 15 is 17.9 Å². The summed E-state index contributed by atoms with van der Waals surface area (Å²) in [4.78, 5) is 81.8. The van der Waals surface area contributed by atoms with Crippen molar-refractivity contribution in [3.05, 3.63) is 189 Å².